The van der Waals surface area contributed by atoms with E-state index >= 15 is 0 Å². The van der Waals surface area contributed by atoms with Crippen molar-refractivity contribution in [2.24, 2.45) is 0 Å². The molecule has 62 heavy (non-hydrogen) atoms. The van der Waals surface area contributed by atoms with Gasteiger partial charge in [0.25, 0.3) is 0 Å². The molecule has 8 aromatic carbocycles. The minimum atomic E-state index is -0.826. The first-order valence-electron chi connectivity index (χ1n) is 21.9. The number of halogens is 2. The van der Waals surface area contributed by atoms with E-state index in [-0.39, 0.29) is 10.8 Å². The summed E-state index contributed by atoms with van der Waals surface area (Å²) in [7, 11) is 11.0. The quantitative estimate of drug-likeness (QED) is 0.115. The number of fused-ring (bicyclic) bond motifs is 2. The molecule has 0 N–H and O–H groups in total. The molecule has 0 aliphatic carbocycles. The molecule has 0 heterocycles. The van der Waals surface area contributed by atoms with Gasteiger partial charge in [0.2, 0.25) is 0 Å². The van der Waals surface area contributed by atoms with Crippen molar-refractivity contribution >= 4 is 48.1 Å². The molecule has 0 nitrogen and oxygen atoms in total. The second-order valence-corrected chi connectivity index (χ2v) is 23.5. The van der Waals surface area contributed by atoms with E-state index in [1.165, 1.54) is 88.3 Å². The first-order valence-corrected chi connectivity index (χ1v) is 30.2. The van der Waals surface area contributed by atoms with Crippen LogP contribution in [0.1, 0.15) is 103 Å². The van der Waals surface area contributed by atoms with E-state index in [0.29, 0.717) is 11.8 Å². The van der Waals surface area contributed by atoms with Gasteiger partial charge in [0, 0.05) is 9.52 Å². The summed E-state index contributed by atoms with van der Waals surface area (Å²) in [6.45, 7) is 27.2. The van der Waals surface area contributed by atoms with Crippen molar-refractivity contribution in [3.05, 3.63) is 180 Å². The van der Waals surface area contributed by atoms with E-state index in [1.54, 1.807) is 0 Å². The van der Waals surface area contributed by atoms with Crippen molar-refractivity contribution in [2.75, 3.05) is 0 Å². The molecule has 0 saturated heterocycles. The minimum absolute atomic E-state index is 0.146. The molecule has 0 fully saturated rings. The van der Waals surface area contributed by atoms with Crippen LogP contribution in [0.15, 0.2) is 158 Å². The maximum atomic E-state index is 4.93. The molecule has 0 aliphatic heterocycles. The van der Waals surface area contributed by atoms with Crippen LogP contribution >= 0.6 is 17.0 Å². The van der Waals surface area contributed by atoms with Gasteiger partial charge in [0.15, 0.2) is 0 Å². The number of hydrogen-bond donors (Lipinski definition) is 0. The Morgan fingerprint density at radius 2 is 0.742 bits per heavy atom. The van der Waals surface area contributed by atoms with E-state index in [1.807, 2.05) is 0 Å². The Balaban J connectivity index is 0.000000208. The molecule has 8 rings (SSSR count). The molecule has 8 aromatic rings. The average molecular weight is 951 g/mol. The van der Waals surface area contributed by atoms with E-state index < -0.39 is 20.8 Å². The Bertz CT molecular complexity index is 2450. The average Bonchev–Trinajstić information content (AvgIpc) is 3.91. The summed E-state index contributed by atoms with van der Waals surface area (Å²) in [4.78, 5) is 0. The molecule has 0 aromatic heterocycles. The number of benzene rings is 6. The molecule has 0 aliphatic rings. The second kappa shape index (κ2) is 22.2. The Labute approximate surface area is 395 Å². The predicted octanol–water partition coefficient (Wildman–Crippen LogP) is 18.8. The molecule has 318 valence electrons. The van der Waals surface area contributed by atoms with Crippen LogP contribution in [-0.2, 0) is 31.7 Å². The maximum absolute atomic E-state index is 4.93. The summed E-state index contributed by atoms with van der Waals surface area (Å²) in [6, 6.07) is 58.0. The van der Waals surface area contributed by atoms with Crippen molar-refractivity contribution < 1.29 is 20.8 Å². The van der Waals surface area contributed by atoms with Gasteiger partial charge in [-0.15, -0.1) is 69.1 Å². The molecule has 0 spiro atoms. The van der Waals surface area contributed by atoms with Crippen molar-refractivity contribution in [1.82, 2.24) is 0 Å². The molecule has 0 atom stereocenters. The fourth-order valence-corrected chi connectivity index (χ4v) is 8.17. The fourth-order valence-electron chi connectivity index (χ4n) is 8.17. The van der Waals surface area contributed by atoms with Gasteiger partial charge in [-0.25, -0.2) is 0 Å². The zero-order valence-corrected chi connectivity index (χ0v) is 43.9. The molecule has 0 amide bonds. The van der Waals surface area contributed by atoms with Crippen molar-refractivity contribution in [3.8, 4) is 44.5 Å². The third-order valence-electron chi connectivity index (χ3n) is 11.4. The van der Waals surface area contributed by atoms with Crippen molar-refractivity contribution in [1.29, 1.82) is 0 Å². The van der Waals surface area contributed by atoms with E-state index in [9.17, 15) is 0 Å². The summed E-state index contributed by atoms with van der Waals surface area (Å²) < 4.78 is 0. The summed E-state index contributed by atoms with van der Waals surface area (Å²) in [5.74, 6) is 0.937. The van der Waals surface area contributed by atoms with Crippen LogP contribution in [0, 0.1) is 0 Å². The van der Waals surface area contributed by atoms with Gasteiger partial charge in [-0.3, -0.25) is 0 Å². The van der Waals surface area contributed by atoms with Gasteiger partial charge in [0.05, 0.1) is 0 Å². The zero-order valence-electron chi connectivity index (χ0n) is 38.9. The third kappa shape index (κ3) is 11.9. The SMILES string of the molecule is CC(C)c1ccc2[cH-]c(C(C)(C)C)cc2c1-c1ccccc1-c1ccccc1.CC(C)c1ccc2[cH-]c(C(C)(C)C)cc2c1-c1ccccc1-c1ccccc1.C[Si]C.[Cl][Zr+2][Cl]. The van der Waals surface area contributed by atoms with E-state index in [0.717, 1.165) is 9.52 Å². The van der Waals surface area contributed by atoms with Crippen LogP contribution in [0.3, 0.4) is 0 Å². The predicted molar refractivity (Wildman–Crippen MR) is 276 cm³/mol. The Morgan fingerprint density at radius 1 is 0.452 bits per heavy atom. The Kier molecular flexibility index (Phi) is 17.6. The number of rotatable bonds is 6. The third-order valence-corrected chi connectivity index (χ3v) is 11.4. The molecule has 0 bridgehead atoms. The van der Waals surface area contributed by atoms with Gasteiger partial charge in [0.1, 0.15) is 0 Å². The molecule has 0 saturated carbocycles. The summed E-state index contributed by atoms with van der Waals surface area (Å²) in [5, 5.41) is 5.43. The topological polar surface area (TPSA) is 0 Å². The van der Waals surface area contributed by atoms with Crippen LogP contribution < -0.4 is 0 Å². The first-order chi connectivity index (χ1) is 29.5. The first kappa shape index (κ1) is 49.2. The van der Waals surface area contributed by atoms with Gasteiger partial charge in [-0.1, -0.05) is 214 Å². The molecule has 2 radical (unpaired) electrons. The normalized spacial score (nSPS) is 11.4. The van der Waals surface area contributed by atoms with Crippen LogP contribution in [0.4, 0.5) is 0 Å². The van der Waals surface area contributed by atoms with E-state index in [4.69, 9.17) is 17.0 Å². The molecule has 4 heteroatoms. The molecule has 0 unspecified atom stereocenters. The van der Waals surface area contributed by atoms with Crippen molar-refractivity contribution in [3.63, 3.8) is 0 Å². The van der Waals surface area contributed by atoms with Gasteiger partial charge >= 0.3 is 37.9 Å². The fraction of sp³-hybridized carbons (Fsp3) is 0.276. The summed E-state index contributed by atoms with van der Waals surface area (Å²) >= 11 is -0.826. The van der Waals surface area contributed by atoms with Gasteiger partial charge in [-0.2, -0.15) is 12.1 Å². The second-order valence-electron chi connectivity index (χ2n) is 18.8. The van der Waals surface area contributed by atoms with Gasteiger partial charge < -0.3 is 0 Å². The van der Waals surface area contributed by atoms with Crippen LogP contribution in [0.2, 0.25) is 13.1 Å². The molecular weight excluding hydrogens is 887 g/mol. The Morgan fingerprint density at radius 3 is 1.03 bits per heavy atom. The van der Waals surface area contributed by atoms with Gasteiger partial charge in [-0.05, 0) is 56.0 Å². The Hall–Kier alpha value is -3.78. The van der Waals surface area contributed by atoms with Crippen molar-refractivity contribution in [2.45, 2.75) is 105 Å². The van der Waals surface area contributed by atoms with Crippen LogP contribution in [0.5, 0.6) is 0 Å². The molecular formula is C58H64Cl2SiZr. The summed E-state index contributed by atoms with van der Waals surface area (Å²) in [6.07, 6.45) is 0. The van der Waals surface area contributed by atoms with Crippen LogP contribution in [0.25, 0.3) is 66.1 Å². The number of hydrogen-bond acceptors (Lipinski definition) is 0. The monoisotopic (exact) mass is 948 g/mol. The van der Waals surface area contributed by atoms with Crippen LogP contribution in [-0.4, -0.2) is 9.52 Å². The standard InChI is InChI=1S/2C28H29.C2H6Si.2ClH.Zr/c2*1-19(2)23-16-15-21-17-22(28(3,4)5)18-26(21)27(23)25-14-10-9-13-24(25)20-11-7-6-8-12-20;1-3-2;;;/h2*6-19H,1-5H3;1-2H3;2*1H;/q2*-1;;;;+4/p-2. The summed E-state index contributed by atoms with van der Waals surface area (Å²) in [5.41, 5.74) is 16.5. The zero-order chi connectivity index (χ0) is 45.2. The van der Waals surface area contributed by atoms with E-state index in [2.05, 4.69) is 240 Å².